The van der Waals surface area contributed by atoms with E-state index < -0.39 is 12.0 Å². The molecule has 1 unspecified atom stereocenters. The fourth-order valence-corrected chi connectivity index (χ4v) is 5.49. The van der Waals surface area contributed by atoms with Crippen molar-refractivity contribution in [1.29, 1.82) is 0 Å². The molecule has 3 aromatic rings. The Bertz CT molecular complexity index is 1430. The number of hydrogen-bond acceptors (Lipinski definition) is 7. The van der Waals surface area contributed by atoms with Crippen LogP contribution in [0.1, 0.15) is 41.6 Å². The average Bonchev–Trinajstić information content (AvgIpc) is 3.34. The Morgan fingerprint density at radius 1 is 1.05 bits per heavy atom. The Balaban J connectivity index is 1.53. The first-order valence-corrected chi connectivity index (χ1v) is 13.4. The van der Waals surface area contributed by atoms with Crippen molar-refractivity contribution < 1.29 is 14.3 Å². The Kier molecular flexibility index (Phi) is 7.70. The molecule has 0 radical (unpaired) electrons. The van der Waals surface area contributed by atoms with E-state index in [2.05, 4.69) is 16.4 Å². The van der Waals surface area contributed by atoms with Crippen molar-refractivity contribution in [2.24, 2.45) is 4.99 Å². The zero-order chi connectivity index (χ0) is 26.5. The lowest BCUT2D eigenvalue weighted by molar-refractivity contribution is -0.139. The van der Waals surface area contributed by atoms with E-state index >= 15 is 0 Å². The number of rotatable bonds is 8. The molecule has 8 heteroatoms. The topological polar surface area (TPSA) is 83.9 Å². The first kappa shape index (κ1) is 25.5. The largest absolute Gasteiger partial charge is 0.463 e. The van der Waals surface area contributed by atoms with Gasteiger partial charge in [-0.25, -0.2) is 9.79 Å². The quantitative estimate of drug-likeness (QED) is 0.399. The predicted molar refractivity (Wildman–Crippen MR) is 150 cm³/mol. The van der Waals surface area contributed by atoms with Gasteiger partial charge in [0.15, 0.2) is 5.17 Å². The normalized spacial score (nSPS) is 16.5. The van der Waals surface area contributed by atoms with Crippen LogP contribution in [0.3, 0.4) is 0 Å². The van der Waals surface area contributed by atoms with Crippen molar-refractivity contribution in [3.8, 4) is 0 Å². The average molecular weight is 525 g/mol. The molecule has 1 N–H and O–H groups in total. The van der Waals surface area contributed by atoms with Gasteiger partial charge in [-0.05, 0) is 42.5 Å². The van der Waals surface area contributed by atoms with Gasteiger partial charge in [-0.15, -0.1) is 0 Å². The van der Waals surface area contributed by atoms with Gasteiger partial charge in [0.1, 0.15) is 0 Å². The molecule has 0 bridgehead atoms. The summed E-state index contributed by atoms with van der Waals surface area (Å²) < 4.78 is 5.56. The Labute approximate surface area is 226 Å². The minimum absolute atomic E-state index is 0.117. The summed E-state index contributed by atoms with van der Waals surface area (Å²) in [5.74, 6) is -0.535. The third-order valence-electron chi connectivity index (χ3n) is 6.29. The fraction of sp³-hybridized carbons (Fsp3) is 0.200. The van der Waals surface area contributed by atoms with Crippen LogP contribution in [-0.4, -0.2) is 33.5 Å². The van der Waals surface area contributed by atoms with E-state index in [0.29, 0.717) is 17.8 Å². The number of thioether (sulfide) groups is 1. The van der Waals surface area contributed by atoms with Gasteiger partial charge >= 0.3 is 5.97 Å². The molecule has 38 heavy (non-hydrogen) atoms. The number of amides is 1. The number of hydrogen-bond donors (Lipinski definition) is 1. The summed E-state index contributed by atoms with van der Waals surface area (Å²) in [5.41, 5.74) is 5.64. The van der Waals surface area contributed by atoms with Crippen LogP contribution in [0.4, 0.5) is 0 Å². The van der Waals surface area contributed by atoms with E-state index in [1.54, 1.807) is 19.3 Å². The van der Waals surface area contributed by atoms with Gasteiger partial charge in [0.25, 0.3) is 0 Å². The summed E-state index contributed by atoms with van der Waals surface area (Å²) in [6.45, 7) is 4.48. The second kappa shape index (κ2) is 11.5. The smallest absolute Gasteiger partial charge is 0.338 e. The van der Waals surface area contributed by atoms with E-state index in [-0.39, 0.29) is 18.9 Å². The molecule has 0 spiro atoms. The van der Waals surface area contributed by atoms with E-state index in [1.165, 1.54) is 11.8 Å². The van der Waals surface area contributed by atoms with Crippen molar-refractivity contribution in [3.63, 3.8) is 0 Å². The highest BCUT2D eigenvalue weighted by molar-refractivity contribution is 8.16. The Hall–Kier alpha value is -4.17. The van der Waals surface area contributed by atoms with Gasteiger partial charge in [-0.1, -0.05) is 71.9 Å². The van der Waals surface area contributed by atoms with Crippen LogP contribution >= 0.6 is 11.8 Å². The van der Waals surface area contributed by atoms with Crippen molar-refractivity contribution in [1.82, 2.24) is 15.2 Å². The van der Waals surface area contributed by atoms with Crippen molar-refractivity contribution in [2.75, 3.05) is 6.61 Å². The van der Waals surface area contributed by atoms with Crippen LogP contribution in [0.25, 0.3) is 5.70 Å². The molecule has 2 aliphatic rings. The number of aromatic nitrogens is 1. The summed E-state index contributed by atoms with van der Waals surface area (Å²) >= 11 is 1.46. The van der Waals surface area contributed by atoms with Gasteiger partial charge in [-0.2, -0.15) is 0 Å². The third kappa shape index (κ3) is 5.40. The number of carbonyl (C=O) groups is 2. The van der Waals surface area contributed by atoms with E-state index in [1.807, 2.05) is 77.9 Å². The number of fused-ring (bicyclic) bond motifs is 1. The lowest BCUT2D eigenvalue weighted by Gasteiger charge is -2.37. The number of nitrogens with zero attached hydrogens (tertiary/aromatic N) is 3. The lowest BCUT2D eigenvalue weighted by atomic mass is 9.90. The van der Waals surface area contributed by atoms with Crippen molar-refractivity contribution in [2.45, 2.75) is 32.9 Å². The number of esters is 1. The summed E-state index contributed by atoms with van der Waals surface area (Å²) in [6.07, 6.45) is 3.55. The van der Waals surface area contributed by atoms with Crippen molar-refractivity contribution >= 4 is 34.5 Å². The highest BCUT2D eigenvalue weighted by Crippen LogP contribution is 2.47. The van der Waals surface area contributed by atoms with Gasteiger partial charge in [-0.3, -0.25) is 9.78 Å². The van der Waals surface area contributed by atoms with Crippen LogP contribution in [0.15, 0.2) is 101 Å². The maximum absolute atomic E-state index is 13.5. The zero-order valence-electron chi connectivity index (χ0n) is 21.3. The molecular formula is C30H28N4O3S. The number of aliphatic imine (C=N–C) groups is 1. The maximum atomic E-state index is 13.5. The van der Waals surface area contributed by atoms with Crippen LogP contribution < -0.4 is 5.32 Å². The lowest BCUT2D eigenvalue weighted by Crippen LogP contribution is -2.38. The van der Waals surface area contributed by atoms with E-state index in [4.69, 9.17) is 9.73 Å². The second-order valence-corrected chi connectivity index (χ2v) is 9.80. The van der Waals surface area contributed by atoms with Gasteiger partial charge in [0.2, 0.25) is 5.91 Å². The summed E-state index contributed by atoms with van der Waals surface area (Å²) in [4.78, 5) is 37.5. The van der Waals surface area contributed by atoms with Crippen LogP contribution in [0, 0.1) is 6.92 Å². The molecule has 0 saturated carbocycles. The van der Waals surface area contributed by atoms with Crippen molar-refractivity contribution in [3.05, 3.63) is 118 Å². The van der Waals surface area contributed by atoms with Crippen LogP contribution in [0.5, 0.6) is 0 Å². The van der Waals surface area contributed by atoms with E-state index in [9.17, 15) is 9.59 Å². The molecule has 3 heterocycles. The maximum Gasteiger partial charge on any atom is 0.338 e. The minimum atomic E-state index is -0.495. The molecule has 7 nitrogen and oxygen atoms in total. The molecule has 0 fully saturated rings. The third-order valence-corrected chi connectivity index (χ3v) is 7.18. The number of amidine groups is 1. The van der Waals surface area contributed by atoms with Gasteiger partial charge in [0, 0.05) is 30.2 Å². The number of ether oxygens (including phenoxy) is 1. The molecule has 1 amide bonds. The molecule has 0 saturated heterocycles. The molecule has 2 aliphatic heterocycles. The molecule has 2 aromatic carbocycles. The highest BCUT2D eigenvalue weighted by atomic mass is 32.2. The molecule has 5 rings (SSSR count). The fourth-order valence-electron chi connectivity index (χ4n) is 4.57. The number of carbonyl (C=O) groups excluding carboxylic acids is 2. The molecule has 1 aromatic heterocycles. The van der Waals surface area contributed by atoms with E-state index in [0.717, 1.165) is 33.1 Å². The van der Waals surface area contributed by atoms with Gasteiger partial charge in [0.05, 0.1) is 30.3 Å². The monoisotopic (exact) mass is 524 g/mol. The second-order valence-electron chi connectivity index (χ2n) is 8.97. The zero-order valence-corrected chi connectivity index (χ0v) is 22.1. The predicted octanol–water partition coefficient (Wildman–Crippen LogP) is 5.37. The van der Waals surface area contributed by atoms with Crippen LogP contribution in [0.2, 0.25) is 0 Å². The molecule has 0 aliphatic carbocycles. The summed E-state index contributed by atoms with van der Waals surface area (Å²) in [6, 6.07) is 21.0. The number of benzene rings is 2. The SMILES string of the molecule is CCOC(=O)C1=C(c2ccccc2)N=C2SC=C(CC(=O)NCc3ccncc3)N2C1c1cccc(C)c1. The minimum Gasteiger partial charge on any atom is -0.463 e. The molecular weight excluding hydrogens is 496 g/mol. The first-order valence-electron chi connectivity index (χ1n) is 12.5. The standard InChI is InChI=1S/C30H28N4O3S/c1-3-37-29(36)26-27(22-9-5-4-6-10-22)33-30-34(28(26)23-11-7-8-20(2)16-23)24(19-38-30)17-25(35)32-18-21-12-14-31-15-13-21/h4-16,19,28H,3,17-18H2,1-2H3,(H,32,35). The first-order chi connectivity index (χ1) is 18.5. The number of aryl methyl sites for hydroxylation is 1. The highest BCUT2D eigenvalue weighted by Gasteiger charge is 2.42. The van der Waals surface area contributed by atoms with Gasteiger partial charge < -0.3 is 15.0 Å². The summed E-state index contributed by atoms with van der Waals surface area (Å²) in [5, 5.41) is 5.66. The molecule has 192 valence electrons. The number of nitrogens with one attached hydrogen (secondary N) is 1. The Morgan fingerprint density at radius 3 is 2.58 bits per heavy atom. The Morgan fingerprint density at radius 2 is 1.84 bits per heavy atom. The number of pyridine rings is 1. The van der Waals surface area contributed by atoms with Crippen LogP contribution in [-0.2, 0) is 20.9 Å². The summed E-state index contributed by atoms with van der Waals surface area (Å²) in [7, 11) is 0. The molecule has 1 atom stereocenters.